The van der Waals surface area contributed by atoms with E-state index in [0.29, 0.717) is 6.42 Å². The van der Waals surface area contributed by atoms with Gasteiger partial charge in [-0.05, 0) is 65.9 Å². The van der Waals surface area contributed by atoms with Crippen molar-refractivity contribution >= 4 is 17.3 Å². The van der Waals surface area contributed by atoms with Crippen LogP contribution < -0.4 is 11.1 Å². The van der Waals surface area contributed by atoms with Gasteiger partial charge in [0.2, 0.25) is 5.91 Å². The molecule has 0 unspecified atom stereocenters. The number of carbonyl (C=O) groups excluding carboxylic acids is 1. The van der Waals surface area contributed by atoms with Crippen molar-refractivity contribution in [3.05, 3.63) is 47.0 Å². The Morgan fingerprint density at radius 2 is 1.79 bits per heavy atom. The molecule has 1 aliphatic heterocycles. The summed E-state index contributed by atoms with van der Waals surface area (Å²) in [6.07, 6.45) is 0.469. The summed E-state index contributed by atoms with van der Waals surface area (Å²) in [7, 11) is 0. The summed E-state index contributed by atoms with van der Waals surface area (Å²) >= 11 is 0. The van der Waals surface area contributed by atoms with E-state index in [1.807, 2.05) is 24.3 Å². The molecule has 0 bridgehead atoms. The Morgan fingerprint density at radius 1 is 1.05 bits per heavy atom. The predicted molar refractivity (Wildman–Crippen MR) is 78.1 cm³/mol. The second kappa shape index (κ2) is 4.12. The second-order valence-electron chi connectivity index (χ2n) is 5.12. The van der Waals surface area contributed by atoms with Crippen LogP contribution in [-0.4, -0.2) is 5.91 Å². The molecule has 96 valence electrons. The molecular formula is C16H16N2O. The number of fused-ring (bicyclic) bond motifs is 1. The molecule has 0 aromatic heterocycles. The fraction of sp³-hybridized carbons (Fsp3) is 0.188. The van der Waals surface area contributed by atoms with Gasteiger partial charge in [-0.25, -0.2) is 0 Å². The van der Waals surface area contributed by atoms with Gasteiger partial charge in [0.25, 0.3) is 0 Å². The molecule has 0 atom stereocenters. The molecule has 2 aromatic carbocycles. The molecule has 0 fully saturated rings. The first kappa shape index (κ1) is 11.8. The predicted octanol–water partition coefficient (Wildman–Crippen LogP) is 3.05. The van der Waals surface area contributed by atoms with E-state index in [9.17, 15) is 4.79 Å². The number of hydrogen-bond acceptors (Lipinski definition) is 2. The van der Waals surface area contributed by atoms with E-state index in [0.717, 1.165) is 28.1 Å². The Bertz CT molecular complexity index is 689. The molecular weight excluding hydrogens is 236 g/mol. The van der Waals surface area contributed by atoms with E-state index in [1.165, 1.54) is 11.1 Å². The number of aryl methyl sites for hydroxylation is 2. The van der Waals surface area contributed by atoms with Crippen molar-refractivity contribution in [2.24, 2.45) is 0 Å². The molecule has 0 radical (unpaired) electrons. The van der Waals surface area contributed by atoms with Crippen LogP contribution in [0.2, 0.25) is 0 Å². The summed E-state index contributed by atoms with van der Waals surface area (Å²) in [6, 6.07) is 10.1. The zero-order chi connectivity index (χ0) is 13.6. The first-order valence-electron chi connectivity index (χ1n) is 6.34. The lowest BCUT2D eigenvalue weighted by Gasteiger charge is -2.12. The molecule has 2 aromatic rings. The second-order valence-corrected chi connectivity index (χ2v) is 5.12. The zero-order valence-electron chi connectivity index (χ0n) is 11.1. The molecule has 1 amide bonds. The number of amides is 1. The first-order valence-corrected chi connectivity index (χ1v) is 6.34. The van der Waals surface area contributed by atoms with Gasteiger partial charge in [0, 0.05) is 11.4 Å². The van der Waals surface area contributed by atoms with Crippen molar-refractivity contribution in [1.29, 1.82) is 0 Å². The minimum atomic E-state index is 0.0700. The number of benzene rings is 2. The molecule has 0 saturated heterocycles. The highest BCUT2D eigenvalue weighted by Gasteiger charge is 2.19. The maximum atomic E-state index is 11.4. The standard InChI is InChI=1S/C16H16N2O/c1-9-5-12(17)3-4-13(9)14-7-11-8-16(19)18-15(11)6-10(14)2/h3-7H,8,17H2,1-2H3,(H,18,19). The number of nitrogens with one attached hydrogen (secondary N) is 1. The molecule has 0 spiro atoms. The van der Waals surface area contributed by atoms with E-state index < -0.39 is 0 Å². The first-order chi connectivity index (χ1) is 9.04. The molecule has 3 heteroatoms. The Morgan fingerprint density at radius 3 is 2.53 bits per heavy atom. The maximum Gasteiger partial charge on any atom is 0.228 e. The SMILES string of the molecule is Cc1cc(N)ccc1-c1cc2c(cc1C)NC(=O)C2. The Hall–Kier alpha value is -2.29. The number of carbonyl (C=O) groups is 1. The van der Waals surface area contributed by atoms with Crippen molar-refractivity contribution in [3.8, 4) is 11.1 Å². The Labute approximate surface area is 112 Å². The van der Waals surface area contributed by atoms with Crippen LogP contribution >= 0.6 is 0 Å². The van der Waals surface area contributed by atoms with E-state index in [4.69, 9.17) is 5.73 Å². The van der Waals surface area contributed by atoms with Crippen molar-refractivity contribution in [1.82, 2.24) is 0 Å². The highest BCUT2D eigenvalue weighted by atomic mass is 16.1. The Kier molecular flexibility index (Phi) is 2.56. The van der Waals surface area contributed by atoms with Gasteiger partial charge in [0.1, 0.15) is 0 Å². The van der Waals surface area contributed by atoms with Crippen LogP contribution in [0.25, 0.3) is 11.1 Å². The number of nitrogen functional groups attached to an aromatic ring is 1. The fourth-order valence-electron chi connectivity index (χ4n) is 2.66. The third kappa shape index (κ3) is 1.97. The van der Waals surface area contributed by atoms with Gasteiger partial charge in [0.05, 0.1) is 6.42 Å². The van der Waals surface area contributed by atoms with Crippen LogP contribution in [0.1, 0.15) is 16.7 Å². The minimum absolute atomic E-state index is 0.0700. The summed E-state index contributed by atoms with van der Waals surface area (Å²) in [5.41, 5.74) is 13.2. The van der Waals surface area contributed by atoms with E-state index >= 15 is 0 Å². The van der Waals surface area contributed by atoms with Crippen molar-refractivity contribution < 1.29 is 4.79 Å². The van der Waals surface area contributed by atoms with E-state index in [1.54, 1.807) is 0 Å². The van der Waals surface area contributed by atoms with Crippen LogP contribution in [0.3, 0.4) is 0 Å². The summed E-state index contributed by atoms with van der Waals surface area (Å²) in [5.74, 6) is 0.0700. The Balaban J connectivity index is 2.16. The van der Waals surface area contributed by atoms with Crippen molar-refractivity contribution in [3.63, 3.8) is 0 Å². The summed E-state index contributed by atoms with van der Waals surface area (Å²) in [5, 5.41) is 2.88. The van der Waals surface area contributed by atoms with Crippen molar-refractivity contribution in [2.75, 3.05) is 11.1 Å². The topological polar surface area (TPSA) is 55.1 Å². The quantitative estimate of drug-likeness (QED) is 0.766. The minimum Gasteiger partial charge on any atom is -0.399 e. The normalized spacial score (nSPS) is 13.3. The number of nitrogens with two attached hydrogens (primary N) is 1. The lowest BCUT2D eigenvalue weighted by atomic mass is 9.93. The van der Waals surface area contributed by atoms with E-state index in [2.05, 4.69) is 25.2 Å². The number of hydrogen-bond donors (Lipinski definition) is 2. The molecule has 1 heterocycles. The number of anilines is 2. The van der Waals surface area contributed by atoms with Crippen LogP contribution in [0, 0.1) is 13.8 Å². The van der Waals surface area contributed by atoms with Gasteiger partial charge >= 0.3 is 0 Å². The fourth-order valence-corrected chi connectivity index (χ4v) is 2.66. The molecule has 0 saturated carbocycles. The van der Waals surface area contributed by atoms with Gasteiger partial charge in [-0.1, -0.05) is 6.07 Å². The summed E-state index contributed by atoms with van der Waals surface area (Å²) < 4.78 is 0. The molecule has 0 aliphatic carbocycles. The summed E-state index contributed by atoms with van der Waals surface area (Å²) in [4.78, 5) is 11.4. The van der Waals surface area contributed by atoms with Crippen LogP contribution in [-0.2, 0) is 11.2 Å². The van der Waals surface area contributed by atoms with Crippen LogP contribution in [0.4, 0.5) is 11.4 Å². The third-order valence-corrected chi connectivity index (χ3v) is 3.62. The molecule has 3 nitrogen and oxygen atoms in total. The van der Waals surface area contributed by atoms with Crippen molar-refractivity contribution in [2.45, 2.75) is 20.3 Å². The zero-order valence-corrected chi connectivity index (χ0v) is 11.1. The van der Waals surface area contributed by atoms with Gasteiger partial charge in [-0.3, -0.25) is 4.79 Å². The van der Waals surface area contributed by atoms with E-state index in [-0.39, 0.29) is 5.91 Å². The lowest BCUT2D eigenvalue weighted by Crippen LogP contribution is -2.03. The molecule has 3 N–H and O–H groups in total. The highest BCUT2D eigenvalue weighted by molar-refractivity contribution is 6.00. The highest BCUT2D eigenvalue weighted by Crippen LogP contribution is 2.34. The average Bonchev–Trinajstić information content (AvgIpc) is 2.68. The van der Waals surface area contributed by atoms with Gasteiger partial charge < -0.3 is 11.1 Å². The lowest BCUT2D eigenvalue weighted by molar-refractivity contribution is -0.115. The van der Waals surface area contributed by atoms with Gasteiger partial charge in [-0.15, -0.1) is 0 Å². The molecule has 1 aliphatic rings. The smallest absolute Gasteiger partial charge is 0.228 e. The average molecular weight is 252 g/mol. The van der Waals surface area contributed by atoms with Crippen LogP contribution in [0.15, 0.2) is 30.3 Å². The van der Waals surface area contributed by atoms with Gasteiger partial charge in [0.15, 0.2) is 0 Å². The number of rotatable bonds is 1. The monoisotopic (exact) mass is 252 g/mol. The third-order valence-electron chi connectivity index (χ3n) is 3.62. The molecule has 3 rings (SSSR count). The maximum absolute atomic E-state index is 11.4. The summed E-state index contributed by atoms with van der Waals surface area (Å²) in [6.45, 7) is 4.12. The van der Waals surface area contributed by atoms with Gasteiger partial charge in [-0.2, -0.15) is 0 Å². The molecule has 19 heavy (non-hydrogen) atoms. The largest absolute Gasteiger partial charge is 0.399 e. The van der Waals surface area contributed by atoms with Crippen LogP contribution in [0.5, 0.6) is 0 Å².